The molecule has 2 aliphatic rings. The highest BCUT2D eigenvalue weighted by Gasteiger charge is 2.32. The minimum atomic E-state index is -0.0260. The van der Waals surface area contributed by atoms with Crippen LogP contribution in [0.3, 0.4) is 0 Å². The summed E-state index contributed by atoms with van der Waals surface area (Å²) in [5.41, 5.74) is 5.44. The Morgan fingerprint density at radius 2 is 1.95 bits per heavy atom. The van der Waals surface area contributed by atoms with Gasteiger partial charge in [0, 0.05) is 68.1 Å². The number of rotatable bonds is 4. The first-order valence-electron chi connectivity index (χ1n) is 12.7. The second kappa shape index (κ2) is 8.91. The van der Waals surface area contributed by atoms with E-state index in [-0.39, 0.29) is 11.3 Å². The van der Waals surface area contributed by atoms with E-state index in [1.165, 1.54) is 5.56 Å². The van der Waals surface area contributed by atoms with Crippen LogP contribution in [-0.2, 0) is 25.6 Å². The number of fused-ring (bicyclic) bond motifs is 2. The number of aromatic nitrogens is 7. The molecule has 192 valence electrons. The van der Waals surface area contributed by atoms with Crippen LogP contribution >= 0.6 is 0 Å². The van der Waals surface area contributed by atoms with Crippen molar-refractivity contribution in [3.8, 4) is 0 Å². The molecular formula is C26H32N10O. The van der Waals surface area contributed by atoms with Crippen LogP contribution in [0.2, 0.25) is 0 Å². The number of likely N-dealkylation sites (tertiary alicyclic amines) is 1. The third kappa shape index (κ3) is 4.55. The summed E-state index contributed by atoms with van der Waals surface area (Å²) < 4.78 is 1.84. The number of H-pyrrole nitrogens is 1. The van der Waals surface area contributed by atoms with E-state index in [1.54, 1.807) is 0 Å². The number of hydrogen-bond acceptors (Lipinski definition) is 8. The highest BCUT2D eigenvalue weighted by Crippen LogP contribution is 2.29. The number of aryl methyl sites for hydroxylation is 1. The monoisotopic (exact) mass is 500 g/mol. The molecule has 0 bridgehead atoms. The van der Waals surface area contributed by atoms with Crippen molar-refractivity contribution >= 4 is 28.7 Å². The average Bonchev–Trinajstić information content (AvgIpc) is 3.61. The number of nitrogens with one attached hydrogen (secondary N) is 2. The summed E-state index contributed by atoms with van der Waals surface area (Å²) in [6.07, 6.45) is 3.81. The molecule has 0 unspecified atom stereocenters. The molecule has 0 aliphatic carbocycles. The van der Waals surface area contributed by atoms with Gasteiger partial charge in [-0.3, -0.25) is 19.5 Å². The van der Waals surface area contributed by atoms with Crippen LogP contribution in [0.5, 0.6) is 0 Å². The van der Waals surface area contributed by atoms with Crippen molar-refractivity contribution in [3.63, 3.8) is 0 Å². The van der Waals surface area contributed by atoms with E-state index in [9.17, 15) is 4.79 Å². The van der Waals surface area contributed by atoms with Crippen LogP contribution in [0.25, 0.3) is 11.0 Å². The molecule has 1 fully saturated rings. The quantitative estimate of drug-likeness (QED) is 0.438. The third-order valence-electron chi connectivity index (χ3n) is 7.41. The number of carbonyl (C=O) groups excluding carboxylic acids is 1. The van der Waals surface area contributed by atoms with Crippen LogP contribution in [0, 0.1) is 0 Å². The first kappa shape index (κ1) is 23.5. The van der Waals surface area contributed by atoms with Gasteiger partial charge in [0.2, 0.25) is 5.95 Å². The zero-order valence-corrected chi connectivity index (χ0v) is 21.7. The zero-order chi connectivity index (χ0) is 25.7. The topological polar surface area (TPSA) is 121 Å². The van der Waals surface area contributed by atoms with Gasteiger partial charge >= 0.3 is 0 Å². The van der Waals surface area contributed by atoms with Crippen molar-refractivity contribution in [2.24, 2.45) is 7.05 Å². The molecule has 1 aromatic carbocycles. The molecule has 4 aromatic rings. The maximum Gasteiger partial charge on any atom is 0.253 e. The van der Waals surface area contributed by atoms with Crippen LogP contribution in [-0.4, -0.2) is 70.0 Å². The number of benzene rings is 1. The Hall–Kier alpha value is -3.86. The molecule has 3 aromatic heterocycles. The van der Waals surface area contributed by atoms with E-state index >= 15 is 0 Å². The van der Waals surface area contributed by atoms with E-state index in [0.717, 1.165) is 61.7 Å². The lowest BCUT2D eigenvalue weighted by Gasteiger charge is -2.36. The summed E-state index contributed by atoms with van der Waals surface area (Å²) in [5, 5.41) is 18.6. The standard InChI is InChI=1S/C26H32N10O/c1-26(2,3)22-12-23(34(4)32-22)29-25-27-13-17-14-36(15-21(17)28-25)18-7-9-35(10-8-18)24(37)16-5-6-19-20(11-16)31-33-30-19/h5-6,11-13,18H,7-10,14-15H2,1-4H3,(H,27,28,29)(H,30,31,33). The van der Waals surface area contributed by atoms with E-state index in [4.69, 9.17) is 4.98 Å². The van der Waals surface area contributed by atoms with Crippen molar-refractivity contribution in [1.29, 1.82) is 0 Å². The number of hydrogen-bond donors (Lipinski definition) is 2. The predicted molar refractivity (Wildman–Crippen MR) is 139 cm³/mol. The van der Waals surface area contributed by atoms with E-state index in [1.807, 2.05) is 41.0 Å². The summed E-state index contributed by atoms with van der Waals surface area (Å²) in [6.45, 7) is 9.57. The molecule has 11 nitrogen and oxygen atoms in total. The Morgan fingerprint density at radius 3 is 2.70 bits per heavy atom. The predicted octanol–water partition coefficient (Wildman–Crippen LogP) is 3.14. The van der Waals surface area contributed by atoms with Gasteiger partial charge in [-0.1, -0.05) is 26.0 Å². The number of aromatic amines is 1. The summed E-state index contributed by atoms with van der Waals surface area (Å²) in [5.74, 6) is 1.52. The molecule has 37 heavy (non-hydrogen) atoms. The molecule has 5 heterocycles. The first-order valence-corrected chi connectivity index (χ1v) is 12.7. The zero-order valence-electron chi connectivity index (χ0n) is 21.7. The molecule has 6 rings (SSSR count). The Kier molecular flexibility index (Phi) is 5.67. The SMILES string of the molecule is Cn1nc(C(C)(C)C)cc1Nc1ncc2c(n1)CN(C1CCN(C(=O)c3ccc4[nH]nnc4c3)CC1)C2. The Labute approximate surface area is 215 Å². The number of nitrogens with zero attached hydrogens (tertiary/aromatic N) is 8. The first-order chi connectivity index (χ1) is 17.7. The molecule has 2 aliphatic heterocycles. The smallest absolute Gasteiger partial charge is 0.253 e. The van der Waals surface area contributed by atoms with E-state index in [2.05, 4.69) is 62.5 Å². The third-order valence-corrected chi connectivity index (χ3v) is 7.41. The van der Waals surface area contributed by atoms with Crippen molar-refractivity contribution in [2.45, 2.75) is 58.2 Å². The van der Waals surface area contributed by atoms with Gasteiger partial charge in [-0.05, 0) is 31.0 Å². The van der Waals surface area contributed by atoms with Gasteiger partial charge in [-0.15, -0.1) is 5.10 Å². The summed E-state index contributed by atoms with van der Waals surface area (Å²) in [6, 6.07) is 7.98. The van der Waals surface area contributed by atoms with Crippen molar-refractivity contribution < 1.29 is 4.79 Å². The molecule has 0 atom stereocenters. The van der Waals surface area contributed by atoms with Crippen LogP contribution in [0.4, 0.5) is 11.8 Å². The summed E-state index contributed by atoms with van der Waals surface area (Å²) in [4.78, 5) is 26.9. The Balaban J connectivity index is 1.07. The van der Waals surface area contributed by atoms with Gasteiger partial charge in [0.1, 0.15) is 11.3 Å². The van der Waals surface area contributed by atoms with Gasteiger partial charge in [-0.2, -0.15) is 5.10 Å². The minimum absolute atomic E-state index is 0.0260. The molecule has 2 N–H and O–H groups in total. The van der Waals surface area contributed by atoms with E-state index in [0.29, 0.717) is 23.1 Å². The lowest BCUT2D eigenvalue weighted by molar-refractivity contribution is 0.0613. The maximum atomic E-state index is 13.1. The summed E-state index contributed by atoms with van der Waals surface area (Å²) >= 11 is 0. The largest absolute Gasteiger partial charge is 0.339 e. The highest BCUT2D eigenvalue weighted by atomic mass is 16.2. The fourth-order valence-electron chi connectivity index (χ4n) is 5.15. The van der Waals surface area contributed by atoms with Gasteiger partial charge in [0.05, 0.1) is 16.9 Å². The maximum absolute atomic E-state index is 13.1. The molecule has 0 radical (unpaired) electrons. The molecule has 1 saturated heterocycles. The van der Waals surface area contributed by atoms with E-state index < -0.39 is 0 Å². The number of carbonyl (C=O) groups is 1. The molecular weight excluding hydrogens is 468 g/mol. The number of amides is 1. The molecule has 0 spiro atoms. The van der Waals surface area contributed by atoms with Crippen molar-refractivity contribution in [3.05, 3.63) is 53.0 Å². The molecule has 0 saturated carbocycles. The van der Waals surface area contributed by atoms with Crippen molar-refractivity contribution in [1.82, 2.24) is 45.0 Å². The van der Waals surface area contributed by atoms with Crippen LogP contribution in [0.15, 0.2) is 30.5 Å². The van der Waals surface area contributed by atoms with Gasteiger partial charge < -0.3 is 10.2 Å². The average molecular weight is 501 g/mol. The second-order valence-corrected chi connectivity index (χ2v) is 11.1. The molecule has 1 amide bonds. The van der Waals surface area contributed by atoms with Gasteiger partial charge in [0.15, 0.2) is 0 Å². The van der Waals surface area contributed by atoms with Crippen LogP contribution < -0.4 is 5.32 Å². The number of piperidine rings is 1. The van der Waals surface area contributed by atoms with Crippen LogP contribution in [0.1, 0.15) is 60.9 Å². The summed E-state index contributed by atoms with van der Waals surface area (Å²) in [7, 11) is 1.93. The Bertz CT molecular complexity index is 1460. The fourth-order valence-corrected chi connectivity index (χ4v) is 5.15. The lowest BCUT2D eigenvalue weighted by atomic mass is 9.92. The minimum Gasteiger partial charge on any atom is -0.339 e. The normalized spacial score (nSPS) is 16.9. The second-order valence-electron chi connectivity index (χ2n) is 11.1. The fraction of sp³-hybridized carbons (Fsp3) is 0.462. The van der Waals surface area contributed by atoms with Gasteiger partial charge in [-0.25, -0.2) is 9.97 Å². The van der Waals surface area contributed by atoms with Crippen molar-refractivity contribution in [2.75, 3.05) is 18.4 Å². The van der Waals surface area contributed by atoms with Gasteiger partial charge in [0.25, 0.3) is 5.91 Å². The Morgan fingerprint density at radius 1 is 1.14 bits per heavy atom. The number of anilines is 2. The highest BCUT2D eigenvalue weighted by molar-refractivity contribution is 5.97. The molecule has 11 heteroatoms. The lowest BCUT2D eigenvalue weighted by Crippen LogP contribution is -2.45.